The molecular formula is C22H23N5O2S. The summed E-state index contributed by atoms with van der Waals surface area (Å²) in [5, 5.41) is 18.3. The van der Waals surface area contributed by atoms with Crippen LogP contribution >= 0.6 is 11.8 Å². The highest BCUT2D eigenvalue weighted by Crippen LogP contribution is 2.24. The summed E-state index contributed by atoms with van der Waals surface area (Å²) in [6.45, 7) is 6.62. The van der Waals surface area contributed by atoms with Gasteiger partial charge in [0.1, 0.15) is 0 Å². The second-order valence-electron chi connectivity index (χ2n) is 6.98. The fourth-order valence-corrected chi connectivity index (χ4v) is 4.05. The first kappa shape index (κ1) is 20.2. The Kier molecular flexibility index (Phi) is 5.85. The third kappa shape index (κ3) is 4.23. The predicted molar refractivity (Wildman–Crippen MR) is 118 cm³/mol. The molecule has 4 aromatic rings. The van der Waals surface area contributed by atoms with Crippen molar-refractivity contribution < 1.29 is 9.21 Å². The molecule has 0 radical (unpaired) electrons. The van der Waals surface area contributed by atoms with Gasteiger partial charge < -0.3 is 9.73 Å². The van der Waals surface area contributed by atoms with Crippen LogP contribution in [-0.4, -0.2) is 31.6 Å². The van der Waals surface area contributed by atoms with Crippen LogP contribution in [0.3, 0.4) is 0 Å². The Labute approximate surface area is 178 Å². The van der Waals surface area contributed by atoms with Crippen molar-refractivity contribution >= 4 is 34.1 Å². The van der Waals surface area contributed by atoms with E-state index in [1.807, 2.05) is 43.7 Å². The van der Waals surface area contributed by atoms with E-state index in [0.717, 1.165) is 29.2 Å². The molecule has 0 aliphatic rings. The minimum atomic E-state index is -0.129. The fraction of sp³-hybridized carbons (Fsp3) is 0.273. The summed E-state index contributed by atoms with van der Waals surface area (Å²) >= 11 is 1.23. The molecule has 154 valence electrons. The molecule has 8 heteroatoms. The van der Waals surface area contributed by atoms with Crippen LogP contribution in [0.25, 0.3) is 10.8 Å². The Morgan fingerprint density at radius 1 is 1.13 bits per heavy atom. The van der Waals surface area contributed by atoms with Crippen LogP contribution in [0.5, 0.6) is 0 Å². The van der Waals surface area contributed by atoms with Gasteiger partial charge in [0.15, 0.2) is 0 Å². The summed E-state index contributed by atoms with van der Waals surface area (Å²) < 4.78 is 7.62. The maximum atomic E-state index is 12.4. The van der Waals surface area contributed by atoms with E-state index in [1.54, 1.807) is 0 Å². The number of thioether (sulfide) groups is 1. The van der Waals surface area contributed by atoms with E-state index in [4.69, 9.17) is 4.42 Å². The highest BCUT2D eigenvalue weighted by Gasteiger charge is 2.15. The average Bonchev–Trinajstić information content (AvgIpc) is 3.31. The fourth-order valence-electron chi connectivity index (χ4n) is 3.47. The van der Waals surface area contributed by atoms with Crippen molar-refractivity contribution in [1.82, 2.24) is 20.0 Å². The summed E-state index contributed by atoms with van der Waals surface area (Å²) in [4.78, 5) is 12.4. The van der Waals surface area contributed by atoms with Crippen molar-refractivity contribution in [2.75, 3.05) is 11.1 Å². The lowest BCUT2D eigenvalue weighted by Gasteiger charge is -2.05. The Bertz CT molecular complexity index is 1190. The van der Waals surface area contributed by atoms with Crippen LogP contribution in [0.1, 0.15) is 29.8 Å². The smallest absolute Gasteiger partial charge is 0.277 e. The first-order chi connectivity index (χ1) is 14.5. The molecule has 0 fully saturated rings. The quantitative estimate of drug-likeness (QED) is 0.446. The van der Waals surface area contributed by atoms with Gasteiger partial charge in [-0.15, -0.1) is 10.2 Å². The number of carbonyl (C=O) groups excluding carboxylic acids is 1. The van der Waals surface area contributed by atoms with Gasteiger partial charge in [0, 0.05) is 6.54 Å². The van der Waals surface area contributed by atoms with E-state index < -0.39 is 0 Å². The second kappa shape index (κ2) is 8.71. The molecule has 2 aromatic heterocycles. The number of benzene rings is 2. The molecule has 0 unspecified atom stereocenters. The van der Waals surface area contributed by atoms with Crippen molar-refractivity contribution in [2.24, 2.45) is 0 Å². The van der Waals surface area contributed by atoms with Gasteiger partial charge in [0.2, 0.25) is 11.8 Å². The van der Waals surface area contributed by atoms with E-state index in [1.165, 1.54) is 22.5 Å². The molecule has 0 aliphatic heterocycles. The number of aryl methyl sites for hydroxylation is 2. The molecule has 0 aliphatic carbocycles. The highest BCUT2D eigenvalue weighted by molar-refractivity contribution is 7.99. The van der Waals surface area contributed by atoms with Crippen LogP contribution in [0, 0.1) is 13.8 Å². The summed E-state index contributed by atoms with van der Waals surface area (Å²) in [6, 6.07) is 14.4. The number of anilines is 1. The lowest BCUT2D eigenvalue weighted by molar-refractivity contribution is -0.113. The SMILES string of the molecule is CCn1nc(C)c(NC(=O)CSc2nnc(Cc3cccc4ccccc34)o2)c1C. The second-order valence-corrected chi connectivity index (χ2v) is 7.90. The minimum Gasteiger partial charge on any atom is -0.416 e. The number of fused-ring (bicyclic) bond motifs is 1. The number of amides is 1. The van der Waals surface area contributed by atoms with E-state index >= 15 is 0 Å². The van der Waals surface area contributed by atoms with Gasteiger partial charge >= 0.3 is 0 Å². The Morgan fingerprint density at radius 3 is 2.73 bits per heavy atom. The Morgan fingerprint density at radius 2 is 1.93 bits per heavy atom. The number of hydrogen-bond acceptors (Lipinski definition) is 6. The molecule has 1 amide bonds. The zero-order valence-corrected chi connectivity index (χ0v) is 18.0. The molecule has 0 bridgehead atoms. The van der Waals surface area contributed by atoms with Gasteiger partial charge in [0.25, 0.3) is 5.22 Å². The monoisotopic (exact) mass is 421 g/mol. The van der Waals surface area contributed by atoms with Crippen molar-refractivity contribution in [1.29, 1.82) is 0 Å². The van der Waals surface area contributed by atoms with Crippen molar-refractivity contribution in [2.45, 2.75) is 39.0 Å². The van der Waals surface area contributed by atoms with Crippen LogP contribution in [0.4, 0.5) is 5.69 Å². The summed E-state index contributed by atoms with van der Waals surface area (Å²) in [7, 11) is 0. The Balaban J connectivity index is 1.38. The van der Waals surface area contributed by atoms with Gasteiger partial charge in [-0.1, -0.05) is 54.2 Å². The van der Waals surface area contributed by atoms with E-state index in [0.29, 0.717) is 17.5 Å². The zero-order chi connectivity index (χ0) is 21.1. The van der Waals surface area contributed by atoms with Crippen LogP contribution in [0.15, 0.2) is 52.1 Å². The maximum Gasteiger partial charge on any atom is 0.277 e. The molecular weight excluding hydrogens is 398 g/mol. The molecule has 1 N–H and O–H groups in total. The van der Waals surface area contributed by atoms with E-state index in [9.17, 15) is 4.79 Å². The molecule has 2 aromatic carbocycles. The van der Waals surface area contributed by atoms with Crippen LogP contribution in [0.2, 0.25) is 0 Å². The predicted octanol–water partition coefficient (Wildman–Crippen LogP) is 4.38. The van der Waals surface area contributed by atoms with Gasteiger partial charge in [-0.05, 0) is 37.1 Å². The topological polar surface area (TPSA) is 85.8 Å². The van der Waals surface area contributed by atoms with Crippen LogP contribution < -0.4 is 5.32 Å². The van der Waals surface area contributed by atoms with Gasteiger partial charge in [-0.3, -0.25) is 9.48 Å². The third-order valence-electron chi connectivity index (χ3n) is 4.94. The number of carbonyl (C=O) groups is 1. The first-order valence-corrected chi connectivity index (χ1v) is 10.8. The lowest BCUT2D eigenvalue weighted by Crippen LogP contribution is -2.15. The van der Waals surface area contributed by atoms with Crippen molar-refractivity contribution in [3.63, 3.8) is 0 Å². The van der Waals surface area contributed by atoms with E-state index in [-0.39, 0.29) is 11.7 Å². The number of hydrogen-bond donors (Lipinski definition) is 1. The number of nitrogens with zero attached hydrogens (tertiary/aromatic N) is 4. The summed E-state index contributed by atoms with van der Waals surface area (Å²) in [5.74, 6) is 0.590. The molecule has 30 heavy (non-hydrogen) atoms. The molecule has 7 nitrogen and oxygen atoms in total. The Hall–Kier alpha value is -3.13. The molecule has 0 saturated carbocycles. The van der Waals surface area contributed by atoms with Crippen molar-refractivity contribution in [3.8, 4) is 0 Å². The molecule has 0 spiro atoms. The largest absolute Gasteiger partial charge is 0.416 e. The average molecular weight is 422 g/mol. The van der Waals surface area contributed by atoms with Crippen molar-refractivity contribution in [3.05, 3.63) is 65.3 Å². The summed E-state index contributed by atoms with van der Waals surface area (Å²) in [6.07, 6.45) is 0.551. The van der Waals surface area contributed by atoms with Gasteiger partial charge in [0.05, 0.1) is 29.2 Å². The standard InChI is InChI=1S/C22H23N5O2S/c1-4-27-15(3)21(14(2)26-27)23-19(28)13-30-22-25-24-20(29-22)12-17-10-7-9-16-8-5-6-11-18(16)17/h5-11H,4,12-13H2,1-3H3,(H,23,28). The molecule has 0 atom stereocenters. The van der Waals surface area contributed by atoms with Gasteiger partial charge in [-0.2, -0.15) is 5.10 Å². The molecule has 0 saturated heterocycles. The van der Waals surface area contributed by atoms with Crippen LogP contribution in [-0.2, 0) is 17.8 Å². The van der Waals surface area contributed by atoms with E-state index in [2.05, 4.69) is 44.9 Å². The maximum absolute atomic E-state index is 12.4. The van der Waals surface area contributed by atoms with Gasteiger partial charge in [-0.25, -0.2) is 0 Å². The summed E-state index contributed by atoms with van der Waals surface area (Å²) in [5.41, 5.74) is 3.65. The zero-order valence-electron chi connectivity index (χ0n) is 17.2. The number of nitrogens with one attached hydrogen (secondary N) is 1. The normalized spacial score (nSPS) is 11.2. The third-order valence-corrected chi connectivity index (χ3v) is 5.76. The molecule has 4 rings (SSSR count). The highest BCUT2D eigenvalue weighted by atomic mass is 32.2. The molecule has 2 heterocycles. The number of aromatic nitrogens is 4. The minimum absolute atomic E-state index is 0.129. The number of rotatable bonds is 7. The first-order valence-electron chi connectivity index (χ1n) is 9.80. The lowest BCUT2D eigenvalue weighted by atomic mass is 10.0.